The number of benzene rings is 1. The molecule has 0 saturated heterocycles. The lowest BCUT2D eigenvalue weighted by Gasteiger charge is -2.12. The van der Waals surface area contributed by atoms with Crippen LogP contribution in [0.5, 0.6) is 0 Å². The fourth-order valence-electron chi connectivity index (χ4n) is 3.69. The summed E-state index contributed by atoms with van der Waals surface area (Å²) in [5, 5.41) is 5.07. The molecule has 0 aliphatic heterocycles. The Morgan fingerprint density at radius 1 is 1.15 bits per heavy atom. The van der Waals surface area contributed by atoms with Crippen molar-refractivity contribution in [2.75, 3.05) is 0 Å². The molecule has 3 heterocycles. The van der Waals surface area contributed by atoms with E-state index in [0.717, 1.165) is 16.8 Å². The van der Waals surface area contributed by atoms with Gasteiger partial charge in [0.2, 0.25) is 0 Å². The Morgan fingerprint density at radius 2 is 1.89 bits per heavy atom. The molecule has 7 heteroatoms. The molecule has 0 spiro atoms. The smallest absolute Gasteiger partial charge is 0.262 e. The van der Waals surface area contributed by atoms with Crippen molar-refractivity contribution in [3.8, 4) is 17.2 Å². The van der Waals surface area contributed by atoms with E-state index < -0.39 is 0 Å². The summed E-state index contributed by atoms with van der Waals surface area (Å²) >= 11 is 0. The molecule has 0 bridgehead atoms. The molecule has 5 rings (SSSR count). The lowest BCUT2D eigenvalue weighted by molar-refractivity contribution is 0.870. The molecule has 1 aliphatic rings. The van der Waals surface area contributed by atoms with Crippen LogP contribution in [0, 0.1) is 13.8 Å². The maximum absolute atomic E-state index is 12.6. The zero-order valence-corrected chi connectivity index (χ0v) is 15.5. The first-order chi connectivity index (χ1) is 13.0. The van der Waals surface area contributed by atoms with Gasteiger partial charge in [0.25, 0.3) is 5.56 Å². The van der Waals surface area contributed by atoms with Crippen molar-refractivity contribution in [2.24, 2.45) is 7.05 Å². The van der Waals surface area contributed by atoms with Crippen molar-refractivity contribution in [3.05, 3.63) is 57.9 Å². The Bertz CT molecular complexity index is 1220. The average Bonchev–Trinajstić information content (AvgIpc) is 3.24. The molecule has 4 aromatic rings. The Morgan fingerprint density at radius 3 is 2.52 bits per heavy atom. The summed E-state index contributed by atoms with van der Waals surface area (Å²) in [4.78, 5) is 24.1. The summed E-state index contributed by atoms with van der Waals surface area (Å²) in [7, 11) is 1.87. The molecule has 1 aromatic carbocycles. The minimum Gasteiger partial charge on any atom is -0.340 e. The SMILES string of the molecule is Cc1cc(C2CC2)cc(C)c1-n1cc2c(=O)[nH]c(-c3cn(C)cn3)nc2n1. The summed E-state index contributed by atoms with van der Waals surface area (Å²) in [5.74, 6) is 1.13. The van der Waals surface area contributed by atoms with Crippen molar-refractivity contribution in [3.63, 3.8) is 0 Å². The highest BCUT2D eigenvalue weighted by Crippen LogP contribution is 2.41. The highest BCUT2D eigenvalue weighted by Gasteiger charge is 2.25. The Balaban J connectivity index is 1.65. The number of H-pyrrole nitrogens is 1. The third-order valence-electron chi connectivity index (χ3n) is 5.13. The van der Waals surface area contributed by atoms with Gasteiger partial charge < -0.3 is 9.55 Å². The van der Waals surface area contributed by atoms with Crippen LogP contribution in [-0.2, 0) is 7.05 Å². The molecule has 0 radical (unpaired) electrons. The molecule has 1 fully saturated rings. The maximum atomic E-state index is 12.6. The third kappa shape index (κ3) is 2.66. The van der Waals surface area contributed by atoms with Gasteiger partial charge in [-0.05, 0) is 49.3 Å². The van der Waals surface area contributed by atoms with Crippen LogP contribution in [0.1, 0.15) is 35.4 Å². The van der Waals surface area contributed by atoms with E-state index in [0.29, 0.717) is 28.5 Å². The van der Waals surface area contributed by atoms with Crippen LogP contribution in [0.15, 0.2) is 35.6 Å². The lowest BCUT2D eigenvalue weighted by atomic mass is 10.0. The van der Waals surface area contributed by atoms with E-state index in [4.69, 9.17) is 0 Å². The molecule has 27 heavy (non-hydrogen) atoms. The van der Waals surface area contributed by atoms with Crippen LogP contribution in [0.2, 0.25) is 0 Å². The van der Waals surface area contributed by atoms with Crippen LogP contribution in [0.25, 0.3) is 28.2 Å². The van der Waals surface area contributed by atoms with E-state index >= 15 is 0 Å². The van der Waals surface area contributed by atoms with Crippen LogP contribution in [0.4, 0.5) is 0 Å². The highest BCUT2D eigenvalue weighted by molar-refractivity contribution is 5.75. The van der Waals surface area contributed by atoms with E-state index in [1.54, 1.807) is 17.2 Å². The number of imidazole rings is 1. The number of aryl methyl sites for hydroxylation is 3. The molecule has 0 amide bonds. The van der Waals surface area contributed by atoms with Gasteiger partial charge in [0.15, 0.2) is 11.5 Å². The molecular weight excluding hydrogens is 340 g/mol. The highest BCUT2D eigenvalue weighted by atomic mass is 16.1. The van der Waals surface area contributed by atoms with Crippen molar-refractivity contribution >= 4 is 11.0 Å². The number of nitrogens with zero attached hydrogens (tertiary/aromatic N) is 5. The molecule has 1 saturated carbocycles. The van der Waals surface area contributed by atoms with E-state index in [-0.39, 0.29) is 5.56 Å². The molecule has 1 N–H and O–H groups in total. The molecule has 1 aliphatic carbocycles. The van der Waals surface area contributed by atoms with E-state index in [9.17, 15) is 4.79 Å². The van der Waals surface area contributed by atoms with Crippen LogP contribution >= 0.6 is 0 Å². The van der Waals surface area contributed by atoms with Gasteiger partial charge in [0, 0.05) is 19.4 Å². The van der Waals surface area contributed by atoms with Crippen molar-refractivity contribution < 1.29 is 0 Å². The molecule has 0 unspecified atom stereocenters. The van der Waals surface area contributed by atoms with Crippen LogP contribution < -0.4 is 5.56 Å². The first-order valence-corrected chi connectivity index (χ1v) is 9.09. The monoisotopic (exact) mass is 360 g/mol. The van der Waals surface area contributed by atoms with Gasteiger partial charge in [-0.25, -0.2) is 14.6 Å². The number of hydrogen-bond acceptors (Lipinski definition) is 4. The van der Waals surface area contributed by atoms with Gasteiger partial charge in [-0.2, -0.15) is 0 Å². The largest absolute Gasteiger partial charge is 0.340 e. The number of rotatable bonds is 3. The van der Waals surface area contributed by atoms with Gasteiger partial charge in [-0.15, -0.1) is 5.10 Å². The maximum Gasteiger partial charge on any atom is 0.262 e. The van der Waals surface area contributed by atoms with Crippen molar-refractivity contribution in [1.29, 1.82) is 0 Å². The van der Waals surface area contributed by atoms with Gasteiger partial charge in [-0.1, -0.05) is 12.1 Å². The van der Waals surface area contributed by atoms with Gasteiger partial charge in [0.05, 0.1) is 12.0 Å². The Hall–Kier alpha value is -3.22. The van der Waals surface area contributed by atoms with Gasteiger partial charge >= 0.3 is 0 Å². The topological polar surface area (TPSA) is 81.4 Å². The quantitative estimate of drug-likeness (QED) is 0.609. The van der Waals surface area contributed by atoms with Crippen LogP contribution in [-0.4, -0.2) is 29.3 Å². The summed E-state index contributed by atoms with van der Waals surface area (Å²) in [5.41, 5.74) is 5.56. The van der Waals surface area contributed by atoms with Gasteiger partial charge in [-0.3, -0.25) is 4.79 Å². The second-order valence-corrected chi connectivity index (χ2v) is 7.43. The molecule has 0 atom stereocenters. The zero-order valence-electron chi connectivity index (χ0n) is 15.5. The third-order valence-corrected chi connectivity index (χ3v) is 5.13. The fourth-order valence-corrected chi connectivity index (χ4v) is 3.69. The summed E-state index contributed by atoms with van der Waals surface area (Å²) in [6.45, 7) is 4.19. The molecule has 7 nitrogen and oxygen atoms in total. The number of fused-ring (bicyclic) bond motifs is 1. The minimum atomic E-state index is -0.211. The van der Waals surface area contributed by atoms with Crippen molar-refractivity contribution in [1.82, 2.24) is 29.3 Å². The molecule has 3 aromatic heterocycles. The summed E-state index contributed by atoms with van der Waals surface area (Å²) in [6.07, 6.45) is 7.80. The van der Waals surface area contributed by atoms with E-state index in [1.807, 2.05) is 17.8 Å². The first kappa shape index (κ1) is 16.0. The normalized spacial score (nSPS) is 14.2. The number of aromatic nitrogens is 6. The second kappa shape index (κ2) is 5.64. The zero-order chi connectivity index (χ0) is 18.7. The minimum absolute atomic E-state index is 0.211. The predicted molar refractivity (Wildman–Crippen MR) is 103 cm³/mol. The fraction of sp³-hybridized carbons (Fsp3) is 0.300. The number of nitrogens with one attached hydrogen (secondary N) is 1. The first-order valence-electron chi connectivity index (χ1n) is 9.09. The number of hydrogen-bond donors (Lipinski definition) is 1. The van der Waals surface area contributed by atoms with Gasteiger partial charge in [0.1, 0.15) is 11.1 Å². The second-order valence-electron chi connectivity index (χ2n) is 7.43. The average molecular weight is 360 g/mol. The lowest BCUT2D eigenvalue weighted by Crippen LogP contribution is -2.08. The standard InChI is InChI=1S/C20H20N6O/c1-11-6-14(13-4-5-13)7-12(2)17(11)26-8-15-18(24-26)22-19(23-20(15)27)16-9-25(3)10-21-16/h6-10,13H,4-5H2,1-3H3,(H,22,23,24,27). The summed E-state index contributed by atoms with van der Waals surface area (Å²) in [6, 6.07) is 4.48. The molecular formula is C20H20N6O. The Labute approximate surface area is 155 Å². The van der Waals surface area contributed by atoms with Crippen LogP contribution in [0.3, 0.4) is 0 Å². The Kier molecular flexibility index (Phi) is 3.34. The van der Waals surface area contributed by atoms with E-state index in [1.165, 1.54) is 18.4 Å². The van der Waals surface area contributed by atoms with Crippen molar-refractivity contribution in [2.45, 2.75) is 32.6 Å². The summed E-state index contributed by atoms with van der Waals surface area (Å²) < 4.78 is 3.59. The predicted octanol–water partition coefficient (Wildman–Crippen LogP) is 3.00. The number of aromatic amines is 1. The van der Waals surface area contributed by atoms with E-state index in [2.05, 4.69) is 46.0 Å². The molecule has 136 valence electrons.